The Labute approximate surface area is 83.0 Å². The van der Waals surface area contributed by atoms with Gasteiger partial charge in [0.15, 0.2) is 0 Å². The van der Waals surface area contributed by atoms with E-state index in [-0.39, 0.29) is 11.4 Å². The first kappa shape index (κ1) is 10.9. The second-order valence-electron chi connectivity index (χ2n) is 2.53. The molecule has 0 bridgehead atoms. The summed E-state index contributed by atoms with van der Waals surface area (Å²) in [5, 5.41) is 18.5. The molecule has 0 aliphatic heterocycles. The standard InChI is InChI=1S/C8H6FNO5/c9-7(8(11)12)15-6-3-1-2-5(4-6)10(13)14/h1-4,7H,(H,11,12). The van der Waals surface area contributed by atoms with Crippen LogP contribution < -0.4 is 4.74 Å². The van der Waals surface area contributed by atoms with Gasteiger partial charge in [-0.3, -0.25) is 10.1 Å². The fraction of sp³-hybridized carbons (Fsp3) is 0.125. The topological polar surface area (TPSA) is 89.7 Å². The first-order valence-electron chi connectivity index (χ1n) is 3.78. The fourth-order valence-corrected chi connectivity index (χ4v) is 0.840. The Hall–Kier alpha value is -2.18. The first-order chi connectivity index (χ1) is 7.00. The van der Waals surface area contributed by atoms with Crippen molar-refractivity contribution < 1.29 is 24.0 Å². The van der Waals surface area contributed by atoms with Crippen molar-refractivity contribution in [1.82, 2.24) is 0 Å². The molecule has 1 aromatic carbocycles. The SMILES string of the molecule is O=C(O)C(F)Oc1cccc([N+](=O)[O-])c1. The molecule has 0 aromatic heterocycles. The predicted octanol–water partition coefficient (Wildman–Crippen LogP) is 1.35. The molecule has 1 N–H and O–H groups in total. The Kier molecular flexibility index (Phi) is 3.17. The maximum Gasteiger partial charge on any atom is 0.378 e. The number of hydrogen-bond acceptors (Lipinski definition) is 4. The molecule has 7 heteroatoms. The first-order valence-corrected chi connectivity index (χ1v) is 3.78. The van der Waals surface area contributed by atoms with Gasteiger partial charge in [0.05, 0.1) is 11.0 Å². The number of benzene rings is 1. The maximum absolute atomic E-state index is 12.6. The van der Waals surface area contributed by atoms with Crippen LogP contribution in [-0.4, -0.2) is 22.4 Å². The molecule has 0 amide bonds. The van der Waals surface area contributed by atoms with Crippen molar-refractivity contribution in [3.8, 4) is 5.75 Å². The fourth-order valence-electron chi connectivity index (χ4n) is 0.840. The number of nitro groups is 1. The van der Waals surface area contributed by atoms with Crippen LogP contribution in [0.5, 0.6) is 5.75 Å². The summed E-state index contributed by atoms with van der Waals surface area (Å²) in [6.07, 6.45) is -2.54. The third kappa shape index (κ3) is 2.90. The number of carboxylic acids is 1. The summed E-state index contributed by atoms with van der Waals surface area (Å²) in [6.45, 7) is 0. The van der Waals surface area contributed by atoms with Crippen LogP contribution >= 0.6 is 0 Å². The molecule has 0 aliphatic carbocycles. The van der Waals surface area contributed by atoms with Crippen molar-refractivity contribution >= 4 is 11.7 Å². The Balaban J connectivity index is 2.82. The number of carbonyl (C=O) groups is 1. The number of nitro benzene ring substituents is 1. The normalized spacial score (nSPS) is 11.8. The highest BCUT2D eigenvalue weighted by molar-refractivity contribution is 5.70. The highest BCUT2D eigenvalue weighted by atomic mass is 19.1. The van der Waals surface area contributed by atoms with E-state index in [1.165, 1.54) is 18.2 Å². The maximum atomic E-state index is 12.6. The van der Waals surface area contributed by atoms with Gasteiger partial charge in [0.1, 0.15) is 5.75 Å². The van der Waals surface area contributed by atoms with E-state index in [1.807, 2.05) is 0 Å². The largest absolute Gasteiger partial charge is 0.476 e. The van der Waals surface area contributed by atoms with E-state index in [4.69, 9.17) is 5.11 Å². The van der Waals surface area contributed by atoms with E-state index in [1.54, 1.807) is 0 Å². The highest BCUT2D eigenvalue weighted by Gasteiger charge is 2.18. The molecule has 15 heavy (non-hydrogen) atoms. The van der Waals surface area contributed by atoms with Gasteiger partial charge < -0.3 is 9.84 Å². The van der Waals surface area contributed by atoms with E-state index in [0.717, 1.165) is 6.07 Å². The van der Waals surface area contributed by atoms with Crippen molar-refractivity contribution in [2.24, 2.45) is 0 Å². The average molecular weight is 215 g/mol. The van der Waals surface area contributed by atoms with E-state index in [2.05, 4.69) is 4.74 Å². The molecule has 1 aromatic rings. The molecule has 0 spiro atoms. The van der Waals surface area contributed by atoms with Gasteiger partial charge in [-0.05, 0) is 6.07 Å². The van der Waals surface area contributed by atoms with Gasteiger partial charge in [0.25, 0.3) is 5.69 Å². The van der Waals surface area contributed by atoms with Crippen LogP contribution in [0.4, 0.5) is 10.1 Å². The average Bonchev–Trinajstić information content (AvgIpc) is 2.18. The van der Waals surface area contributed by atoms with Gasteiger partial charge >= 0.3 is 12.3 Å². The van der Waals surface area contributed by atoms with E-state index < -0.39 is 17.3 Å². The predicted molar refractivity (Wildman–Crippen MR) is 46.3 cm³/mol. The lowest BCUT2D eigenvalue weighted by Crippen LogP contribution is -2.21. The van der Waals surface area contributed by atoms with Crippen LogP contribution in [0, 0.1) is 10.1 Å². The van der Waals surface area contributed by atoms with Gasteiger partial charge in [0.2, 0.25) is 0 Å². The number of aliphatic carboxylic acids is 1. The van der Waals surface area contributed by atoms with E-state index in [9.17, 15) is 19.3 Å². The number of nitrogens with zero attached hydrogens (tertiary/aromatic N) is 1. The summed E-state index contributed by atoms with van der Waals surface area (Å²) in [7, 11) is 0. The second kappa shape index (κ2) is 4.36. The Morgan fingerprint density at radius 2 is 2.27 bits per heavy atom. The summed E-state index contributed by atoms with van der Waals surface area (Å²) in [6, 6.07) is 4.61. The van der Waals surface area contributed by atoms with Gasteiger partial charge in [-0.2, -0.15) is 4.39 Å². The van der Waals surface area contributed by atoms with Gasteiger partial charge in [0, 0.05) is 6.07 Å². The molecule has 0 radical (unpaired) electrons. The number of hydrogen-bond donors (Lipinski definition) is 1. The molecule has 6 nitrogen and oxygen atoms in total. The number of non-ortho nitro benzene ring substituents is 1. The third-order valence-electron chi connectivity index (χ3n) is 1.46. The second-order valence-corrected chi connectivity index (χ2v) is 2.53. The van der Waals surface area contributed by atoms with Crippen molar-refractivity contribution in [3.63, 3.8) is 0 Å². The summed E-state index contributed by atoms with van der Waals surface area (Å²) in [5.41, 5.74) is -0.301. The molecule has 1 atom stereocenters. The lowest BCUT2D eigenvalue weighted by molar-refractivity contribution is -0.385. The van der Waals surface area contributed by atoms with Crippen molar-refractivity contribution in [2.75, 3.05) is 0 Å². The summed E-state index contributed by atoms with van der Waals surface area (Å²) < 4.78 is 16.8. The quantitative estimate of drug-likeness (QED) is 0.604. The molecule has 0 heterocycles. The van der Waals surface area contributed by atoms with Gasteiger partial charge in [-0.15, -0.1) is 0 Å². The number of rotatable bonds is 4. The molecular weight excluding hydrogens is 209 g/mol. The number of carboxylic acid groups (broad SMARTS) is 1. The number of ether oxygens (including phenoxy) is 1. The highest BCUT2D eigenvalue weighted by Crippen LogP contribution is 2.20. The third-order valence-corrected chi connectivity index (χ3v) is 1.46. The molecule has 1 unspecified atom stereocenters. The van der Waals surface area contributed by atoms with Crippen LogP contribution in [0.3, 0.4) is 0 Å². The van der Waals surface area contributed by atoms with Crippen molar-refractivity contribution in [3.05, 3.63) is 34.4 Å². The minimum atomic E-state index is -2.54. The lowest BCUT2D eigenvalue weighted by atomic mass is 10.3. The van der Waals surface area contributed by atoms with Crippen LogP contribution in [0.25, 0.3) is 0 Å². The van der Waals surface area contributed by atoms with E-state index >= 15 is 0 Å². The van der Waals surface area contributed by atoms with Crippen LogP contribution in [0.2, 0.25) is 0 Å². The molecule has 1 rings (SSSR count). The van der Waals surface area contributed by atoms with Crippen LogP contribution in [0.1, 0.15) is 0 Å². The summed E-state index contributed by atoms with van der Waals surface area (Å²) >= 11 is 0. The van der Waals surface area contributed by atoms with Crippen molar-refractivity contribution in [1.29, 1.82) is 0 Å². The molecular formula is C8H6FNO5. The minimum absolute atomic E-state index is 0.209. The minimum Gasteiger partial charge on any atom is -0.476 e. The molecule has 80 valence electrons. The summed E-state index contributed by atoms with van der Waals surface area (Å²) in [4.78, 5) is 19.7. The number of alkyl halides is 1. The zero-order chi connectivity index (χ0) is 11.4. The molecule has 0 saturated carbocycles. The number of halogens is 1. The van der Waals surface area contributed by atoms with Gasteiger partial charge in [-0.25, -0.2) is 4.79 Å². The zero-order valence-electron chi connectivity index (χ0n) is 7.29. The Morgan fingerprint density at radius 3 is 2.80 bits per heavy atom. The van der Waals surface area contributed by atoms with Crippen LogP contribution in [-0.2, 0) is 4.79 Å². The molecule has 0 saturated heterocycles. The van der Waals surface area contributed by atoms with E-state index in [0.29, 0.717) is 0 Å². The Morgan fingerprint density at radius 1 is 1.60 bits per heavy atom. The van der Waals surface area contributed by atoms with Gasteiger partial charge in [-0.1, -0.05) is 6.07 Å². The zero-order valence-corrected chi connectivity index (χ0v) is 7.29. The lowest BCUT2D eigenvalue weighted by Gasteiger charge is -2.06. The van der Waals surface area contributed by atoms with Crippen molar-refractivity contribution in [2.45, 2.75) is 6.36 Å². The summed E-state index contributed by atoms with van der Waals surface area (Å²) in [5.74, 6) is -2.00. The van der Waals surface area contributed by atoms with Crippen LogP contribution in [0.15, 0.2) is 24.3 Å². The monoisotopic (exact) mass is 215 g/mol. The Bertz CT molecular complexity index is 394. The molecule has 0 fully saturated rings. The smallest absolute Gasteiger partial charge is 0.378 e. The molecule has 0 aliphatic rings.